The molecule has 0 fully saturated rings. The summed E-state index contributed by atoms with van der Waals surface area (Å²) in [6.45, 7) is 6.66. The molecule has 40 heavy (non-hydrogen) atoms. The number of carbonyl (C=O) groups excluding carboxylic acids is 3. The molecule has 0 radical (unpaired) electrons. The molecule has 0 heterocycles. The van der Waals surface area contributed by atoms with Crippen LogP contribution in [0.4, 0.5) is 11.4 Å². The van der Waals surface area contributed by atoms with Crippen LogP contribution in [-0.4, -0.2) is 43.8 Å². The van der Waals surface area contributed by atoms with Crippen LogP contribution in [0.3, 0.4) is 0 Å². The Kier molecular flexibility index (Phi) is 11.5. The zero-order chi connectivity index (χ0) is 28.7. The minimum absolute atomic E-state index is 0.206. The van der Waals surface area contributed by atoms with Crippen molar-refractivity contribution in [2.45, 2.75) is 33.6 Å². The zero-order valence-electron chi connectivity index (χ0n) is 22.9. The van der Waals surface area contributed by atoms with Gasteiger partial charge in [0.2, 0.25) is 0 Å². The highest BCUT2D eigenvalue weighted by Crippen LogP contribution is 2.28. The van der Waals surface area contributed by atoms with Gasteiger partial charge in [-0.25, -0.2) is 5.43 Å². The molecule has 0 unspecified atom stereocenters. The average molecular weight is 547 g/mol. The zero-order valence-corrected chi connectivity index (χ0v) is 22.9. The summed E-state index contributed by atoms with van der Waals surface area (Å²) in [5.74, 6) is -0.635. The van der Waals surface area contributed by atoms with Crippen LogP contribution in [-0.2, 0) is 20.8 Å². The Hall–Kier alpha value is -4.86. The summed E-state index contributed by atoms with van der Waals surface area (Å²) in [5.41, 5.74) is 5.10. The van der Waals surface area contributed by atoms with Gasteiger partial charge in [0.25, 0.3) is 5.91 Å². The molecular weight excluding hydrogens is 512 g/mol. The van der Waals surface area contributed by atoms with Crippen LogP contribution >= 0.6 is 0 Å². The largest absolute Gasteiger partial charge is 0.494 e. The summed E-state index contributed by atoms with van der Waals surface area (Å²) in [6.07, 6.45) is 3.17. The highest BCUT2D eigenvalue weighted by atomic mass is 16.5. The Morgan fingerprint density at radius 1 is 0.775 bits per heavy atom. The predicted molar refractivity (Wildman–Crippen MR) is 154 cm³/mol. The summed E-state index contributed by atoms with van der Waals surface area (Å²) in [6, 6.07) is 19.3. The second kappa shape index (κ2) is 15.5. The number of benzene rings is 3. The molecule has 0 aliphatic heterocycles. The molecule has 3 aromatic rings. The second-order valence-corrected chi connectivity index (χ2v) is 8.55. The second-order valence-electron chi connectivity index (χ2n) is 8.55. The first-order valence-corrected chi connectivity index (χ1v) is 13.1. The fourth-order valence-electron chi connectivity index (χ4n) is 3.42. The van der Waals surface area contributed by atoms with Gasteiger partial charge in [0.15, 0.2) is 18.1 Å². The first-order valence-electron chi connectivity index (χ1n) is 13.1. The minimum atomic E-state index is -0.928. The number of carbonyl (C=O) groups is 3. The lowest BCUT2D eigenvalue weighted by Crippen LogP contribution is -2.32. The normalized spacial score (nSPS) is 10.6. The first-order chi connectivity index (χ1) is 19.4. The van der Waals surface area contributed by atoms with Crippen molar-refractivity contribution >= 4 is 35.3 Å². The van der Waals surface area contributed by atoms with Gasteiger partial charge in [0, 0.05) is 11.4 Å². The van der Waals surface area contributed by atoms with E-state index in [4.69, 9.17) is 14.2 Å². The molecule has 0 saturated heterocycles. The smallest absolute Gasteiger partial charge is 0.329 e. The van der Waals surface area contributed by atoms with E-state index in [0.29, 0.717) is 47.4 Å². The van der Waals surface area contributed by atoms with E-state index >= 15 is 0 Å². The van der Waals surface area contributed by atoms with E-state index in [2.05, 4.69) is 28.1 Å². The maximum Gasteiger partial charge on any atom is 0.329 e. The number of nitrogens with one attached hydrogen (secondary N) is 3. The quantitative estimate of drug-likeness (QED) is 0.164. The van der Waals surface area contributed by atoms with E-state index in [9.17, 15) is 14.4 Å². The molecule has 0 bridgehead atoms. The van der Waals surface area contributed by atoms with Crippen LogP contribution in [0.2, 0.25) is 0 Å². The number of hydrazone groups is 1. The molecule has 210 valence electrons. The maximum absolute atomic E-state index is 12.3. The molecule has 0 atom stereocenters. The Morgan fingerprint density at radius 3 is 2.15 bits per heavy atom. The molecule has 0 saturated carbocycles. The van der Waals surface area contributed by atoms with Crippen molar-refractivity contribution in [3.63, 3.8) is 0 Å². The van der Waals surface area contributed by atoms with Crippen molar-refractivity contribution in [2.24, 2.45) is 5.10 Å². The van der Waals surface area contributed by atoms with Gasteiger partial charge in [0.1, 0.15) is 5.75 Å². The summed E-state index contributed by atoms with van der Waals surface area (Å²) in [4.78, 5) is 36.6. The number of aryl methyl sites for hydroxylation is 1. The SMILES string of the molecule is CCCOc1ccc(NC(=O)C(=O)N/N=C\c2ccc(OCC(=O)Nc3ccc(CC)cc3)c(OCC)c2)cc1. The lowest BCUT2D eigenvalue weighted by atomic mass is 10.1. The van der Waals surface area contributed by atoms with E-state index < -0.39 is 11.8 Å². The highest BCUT2D eigenvalue weighted by Gasteiger charge is 2.13. The number of rotatable bonds is 13. The third kappa shape index (κ3) is 9.46. The lowest BCUT2D eigenvalue weighted by molar-refractivity contribution is -0.136. The topological polar surface area (TPSA) is 127 Å². The Morgan fingerprint density at radius 2 is 1.48 bits per heavy atom. The number of nitrogens with zero attached hydrogens (tertiary/aromatic N) is 1. The fraction of sp³-hybridized carbons (Fsp3) is 0.267. The molecular formula is C30H34N4O6. The number of ether oxygens (including phenoxy) is 3. The van der Waals surface area contributed by atoms with Gasteiger partial charge in [-0.2, -0.15) is 5.10 Å². The molecule has 3 rings (SSSR count). The van der Waals surface area contributed by atoms with E-state index in [-0.39, 0.29) is 12.5 Å². The summed E-state index contributed by atoms with van der Waals surface area (Å²) >= 11 is 0. The molecule has 10 nitrogen and oxygen atoms in total. The molecule has 3 amide bonds. The minimum Gasteiger partial charge on any atom is -0.494 e. The molecule has 0 aliphatic carbocycles. The summed E-state index contributed by atoms with van der Waals surface area (Å²) < 4.78 is 16.8. The van der Waals surface area contributed by atoms with Gasteiger partial charge >= 0.3 is 11.8 Å². The number of amides is 3. The average Bonchev–Trinajstić information content (AvgIpc) is 2.97. The number of anilines is 2. The van der Waals surface area contributed by atoms with Crippen molar-refractivity contribution in [2.75, 3.05) is 30.5 Å². The predicted octanol–water partition coefficient (Wildman–Crippen LogP) is 4.54. The Balaban J connectivity index is 1.51. The highest BCUT2D eigenvalue weighted by molar-refractivity contribution is 6.39. The van der Waals surface area contributed by atoms with Gasteiger partial charge < -0.3 is 24.8 Å². The van der Waals surface area contributed by atoms with Crippen LogP contribution < -0.4 is 30.3 Å². The van der Waals surface area contributed by atoms with Crippen LogP contribution in [0.25, 0.3) is 0 Å². The third-order valence-electron chi connectivity index (χ3n) is 5.44. The standard InChI is InChI=1S/C30H34N4O6/c1-4-17-39-25-14-12-24(13-15-25)33-29(36)30(37)34-31-19-22-9-16-26(27(18-22)38-6-3)40-20-28(35)32-23-10-7-21(5-2)8-11-23/h7-16,18-19H,4-6,17,20H2,1-3H3,(H,32,35)(H,33,36)(H,34,37)/b31-19-. The molecule has 3 N–H and O–H groups in total. The van der Waals surface area contributed by atoms with Crippen molar-refractivity contribution < 1.29 is 28.6 Å². The van der Waals surface area contributed by atoms with E-state index in [1.807, 2.05) is 38.1 Å². The van der Waals surface area contributed by atoms with Gasteiger partial charge in [-0.3, -0.25) is 14.4 Å². The van der Waals surface area contributed by atoms with Gasteiger partial charge in [-0.1, -0.05) is 26.0 Å². The lowest BCUT2D eigenvalue weighted by Gasteiger charge is -2.13. The molecule has 3 aromatic carbocycles. The van der Waals surface area contributed by atoms with E-state index in [0.717, 1.165) is 12.8 Å². The molecule has 0 aliphatic rings. The van der Waals surface area contributed by atoms with Crippen LogP contribution in [0.15, 0.2) is 71.8 Å². The van der Waals surface area contributed by atoms with E-state index in [1.165, 1.54) is 11.8 Å². The van der Waals surface area contributed by atoms with Crippen LogP contribution in [0.5, 0.6) is 17.2 Å². The third-order valence-corrected chi connectivity index (χ3v) is 5.44. The van der Waals surface area contributed by atoms with Crippen LogP contribution in [0.1, 0.15) is 38.3 Å². The van der Waals surface area contributed by atoms with E-state index in [1.54, 1.807) is 42.5 Å². The van der Waals surface area contributed by atoms with Gasteiger partial charge in [0.05, 0.1) is 19.4 Å². The monoisotopic (exact) mass is 546 g/mol. The van der Waals surface area contributed by atoms with Gasteiger partial charge in [-0.15, -0.1) is 0 Å². The van der Waals surface area contributed by atoms with Crippen molar-refractivity contribution in [1.82, 2.24) is 5.43 Å². The van der Waals surface area contributed by atoms with Crippen LogP contribution in [0, 0.1) is 0 Å². The number of hydrogen-bond donors (Lipinski definition) is 3. The molecule has 0 aromatic heterocycles. The molecule has 10 heteroatoms. The first kappa shape index (κ1) is 29.7. The van der Waals surface area contributed by atoms with Gasteiger partial charge in [-0.05, 0) is 85.5 Å². The Bertz CT molecular complexity index is 1310. The Labute approximate surface area is 233 Å². The van der Waals surface area contributed by atoms with Crippen molar-refractivity contribution in [3.05, 3.63) is 77.9 Å². The summed E-state index contributed by atoms with van der Waals surface area (Å²) in [7, 11) is 0. The van der Waals surface area contributed by atoms with Crippen molar-refractivity contribution in [3.8, 4) is 17.2 Å². The fourth-order valence-corrected chi connectivity index (χ4v) is 3.42. The number of hydrogen-bond acceptors (Lipinski definition) is 7. The molecule has 0 spiro atoms. The summed E-state index contributed by atoms with van der Waals surface area (Å²) in [5, 5.41) is 9.15. The maximum atomic E-state index is 12.3. The van der Waals surface area contributed by atoms with Crippen molar-refractivity contribution in [1.29, 1.82) is 0 Å².